The summed E-state index contributed by atoms with van der Waals surface area (Å²) in [6.45, 7) is 1.88. The number of para-hydroxylation sites is 1. The number of hydrazone groups is 1. The summed E-state index contributed by atoms with van der Waals surface area (Å²) in [5.74, 6) is -0.389. The molecule has 0 atom stereocenters. The molecule has 0 bridgehead atoms. The van der Waals surface area contributed by atoms with Gasteiger partial charge in [0.2, 0.25) is 5.75 Å². The molecule has 0 aromatic heterocycles. The number of rotatable bonds is 10. The highest BCUT2D eigenvalue weighted by atomic mass is 79.9. The van der Waals surface area contributed by atoms with E-state index in [2.05, 4.69) is 31.8 Å². The van der Waals surface area contributed by atoms with Crippen molar-refractivity contribution >= 4 is 45.6 Å². The Morgan fingerprint density at radius 3 is 2.16 bits per heavy atom. The quantitative estimate of drug-likeness (QED) is 0.0935. The monoisotopic (exact) mass is 645 g/mol. The van der Waals surface area contributed by atoms with Crippen molar-refractivity contribution in [2.45, 2.75) is 6.92 Å². The summed E-state index contributed by atoms with van der Waals surface area (Å²) in [4.78, 5) is 38.9. The standard InChI is InChI=1S/C32H28BrN3O7/c1-19-8-7-9-20(14-19)32(39)43-26-13-12-23(33)15-22(26)18-34-36-31(38)24-10-5-6-11-25(24)35-30(37)21-16-27(40-2)29(42-4)28(17-21)41-3/h5-18H,1-4H3,(H,35,37)(H,36,38)/b34-18-. The lowest BCUT2D eigenvalue weighted by Crippen LogP contribution is -2.21. The van der Waals surface area contributed by atoms with Gasteiger partial charge in [0, 0.05) is 15.6 Å². The summed E-state index contributed by atoms with van der Waals surface area (Å²) >= 11 is 3.40. The number of carbonyl (C=O) groups excluding carboxylic acids is 3. The predicted octanol–water partition coefficient (Wildman–Crippen LogP) is 6.02. The van der Waals surface area contributed by atoms with Crippen molar-refractivity contribution < 1.29 is 33.3 Å². The number of carbonyl (C=O) groups is 3. The van der Waals surface area contributed by atoms with Crippen LogP contribution in [-0.2, 0) is 0 Å². The van der Waals surface area contributed by atoms with Crippen LogP contribution in [0.2, 0.25) is 0 Å². The van der Waals surface area contributed by atoms with E-state index in [9.17, 15) is 14.4 Å². The summed E-state index contributed by atoms with van der Waals surface area (Å²) in [5, 5.41) is 6.81. The van der Waals surface area contributed by atoms with Crippen molar-refractivity contribution in [3.63, 3.8) is 0 Å². The molecule has 2 N–H and O–H groups in total. The summed E-state index contributed by atoms with van der Waals surface area (Å²) in [6.07, 6.45) is 1.36. The van der Waals surface area contributed by atoms with E-state index in [1.807, 2.05) is 13.0 Å². The van der Waals surface area contributed by atoms with Crippen LogP contribution in [0.15, 0.2) is 88.4 Å². The van der Waals surface area contributed by atoms with Crippen LogP contribution in [-0.4, -0.2) is 45.3 Å². The number of ether oxygens (including phenoxy) is 4. The highest BCUT2D eigenvalue weighted by Gasteiger charge is 2.19. The Balaban J connectivity index is 1.50. The highest BCUT2D eigenvalue weighted by Crippen LogP contribution is 2.38. The van der Waals surface area contributed by atoms with Crippen LogP contribution < -0.4 is 29.7 Å². The minimum atomic E-state index is -0.578. The number of esters is 1. The molecule has 0 aliphatic carbocycles. The van der Waals surface area contributed by atoms with Gasteiger partial charge in [0.15, 0.2) is 11.5 Å². The molecule has 0 spiro atoms. The molecule has 11 heteroatoms. The van der Waals surface area contributed by atoms with E-state index in [-0.39, 0.29) is 22.6 Å². The first-order chi connectivity index (χ1) is 20.7. The van der Waals surface area contributed by atoms with Gasteiger partial charge in [0.25, 0.3) is 11.8 Å². The number of methoxy groups -OCH3 is 3. The third-order valence-electron chi connectivity index (χ3n) is 6.14. The molecule has 4 aromatic carbocycles. The van der Waals surface area contributed by atoms with E-state index in [1.165, 1.54) is 39.7 Å². The van der Waals surface area contributed by atoms with Gasteiger partial charge in [-0.15, -0.1) is 0 Å². The summed E-state index contributed by atoms with van der Waals surface area (Å²) < 4.78 is 22.3. The van der Waals surface area contributed by atoms with Crippen LogP contribution in [0.25, 0.3) is 0 Å². The largest absolute Gasteiger partial charge is 0.493 e. The number of hydrogen-bond donors (Lipinski definition) is 2. The molecular weight excluding hydrogens is 618 g/mol. The minimum Gasteiger partial charge on any atom is -0.493 e. The van der Waals surface area contributed by atoms with Crippen LogP contribution in [0.5, 0.6) is 23.0 Å². The predicted molar refractivity (Wildman–Crippen MR) is 166 cm³/mol. The SMILES string of the molecule is COc1cc(C(=O)Nc2ccccc2C(=O)N/N=C\c2cc(Br)ccc2OC(=O)c2cccc(C)c2)cc(OC)c1OC. The lowest BCUT2D eigenvalue weighted by Gasteiger charge is -2.15. The minimum absolute atomic E-state index is 0.167. The first-order valence-electron chi connectivity index (χ1n) is 12.9. The Hall–Kier alpha value is -5.16. The van der Waals surface area contributed by atoms with Crippen LogP contribution in [0, 0.1) is 6.92 Å². The maximum atomic E-state index is 13.1. The third kappa shape index (κ3) is 7.57. The van der Waals surface area contributed by atoms with E-state index in [0.717, 1.165) is 10.0 Å². The molecule has 0 saturated carbocycles. The highest BCUT2D eigenvalue weighted by molar-refractivity contribution is 9.10. The number of halogens is 1. The van der Waals surface area contributed by atoms with Gasteiger partial charge in [-0.1, -0.05) is 45.8 Å². The van der Waals surface area contributed by atoms with Crippen LogP contribution >= 0.6 is 15.9 Å². The molecule has 0 heterocycles. The molecule has 0 aliphatic rings. The molecule has 220 valence electrons. The molecule has 0 unspecified atom stereocenters. The second-order valence-electron chi connectivity index (χ2n) is 9.05. The van der Waals surface area contributed by atoms with Gasteiger partial charge in [0.05, 0.1) is 44.4 Å². The van der Waals surface area contributed by atoms with Crippen molar-refractivity contribution in [2.24, 2.45) is 5.10 Å². The normalized spacial score (nSPS) is 10.6. The van der Waals surface area contributed by atoms with Crippen molar-refractivity contribution in [1.82, 2.24) is 5.43 Å². The fourth-order valence-electron chi connectivity index (χ4n) is 4.06. The maximum absolute atomic E-state index is 13.1. The van der Waals surface area contributed by atoms with Gasteiger partial charge >= 0.3 is 5.97 Å². The zero-order valence-electron chi connectivity index (χ0n) is 23.8. The smallest absolute Gasteiger partial charge is 0.343 e. The van der Waals surface area contributed by atoms with E-state index in [0.29, 0.717) is 28.4 Å². The average Bonchev–Trinajstić information content (AvgIpc) is 3.01. The zero-order chi connectivity index (χ0) is 30.9. The summed E-state index contributed by atoms with van der Waals surface area (Å²) in [7, 11) is 4.36. The fourth-order valence-corrected chi connectivity index (χ4v) is 4.44. The molecule has 43 heavy (non-hydrogen) atoms. The molecule has 4 aromatic rings. The van der Waals surface area contributed by atoms with Crippen molar-refractivity contribution in [1.29, 1.82) is 0 Å². The van der Waals surface area contributed by atoms with Gasteiger partial charge in [0.1, 0.15) is 5.75 Å². The second-order valence-corrected chi connectivity index (χ2v) is 9.97. The second kappa shape index (κ2) is 14.1. The summed E-state index contributed by atoms with van der Waals surface area (Å²) in [5.41, 5.74) is 4.88. The first-order valence-corrected chi connectivity index (χ1v) is 13.7. The Kier molecular flexibility index (Phi) is 10.1. The van der Waals surface area contributed by atoms with Crippen LogP contribution in [0.1, 0.15) is 42.2 Å². The molecule has 2 amide bonds. The molecule has 0 aliphatic heterocycles. The van der Waals surface area contributed by atoms with Gasteiger partial charge in [-0.25, -0.2) is 10.2 Å². The fraction of sp³-hybridized carbons (Fsp3) is 0.125. The van der Waals surface area contributed by atoms with E-state index in [4.69, 9.17) is 18.9 Å². The molecule has 10 nitrogen and oxygen atoms in total. The Bertz CT molecular complexity index is 1680. The Morgan fingerprint density at radius 2 is 1.49 bits per heavy atom. The summed E-state index contributed by atoms with van der Waals surface area (Å²) in [6, 6.07) is 21.6. The van der Waals surface area contributed by atoms with Crippen LogP contribution in [0.4, 0.5) is 5.69 Å². The molecule has 0 fully saturated rings. The van der Waals surface area contributed by atoms with E-state index in [1.54, 1.807) is 60.7 Å². The molecule has 4 rings (SSSR count). The van der Waals surface area contributed by atoms with Gasteiger partial charge in [-0.3, -0.25) is 9.59 Å². The third-order valence-corrected chi connectivity index (χ3v) is 6.64. The van der Waals surface area contributed by atoms with Gasteiger partial charge in [-0.05, 0) is 61.5 Å². The number of aryl methyl sites for hydroxylation is 1. The van der Waals surface area contributed by atoms with E-state index < -0.39 is 17.8 Å². The van der Waals surface area contributed by atoms with Crippen LogP contribution in [0.3, 0.4) is 0 Å². The van der Waals surface area contributed by atoms with Gasteiger partial charge < -0.3 is 24.3 Å². The Morgan fingerprint density at radius 1 is 0.767 bits per heavy atom. The Labute approximate surface area is 256 Å². The zero-order valence-corrected chi connectivity index (χ0v) is 25.4. The van der Waals surface area contributed by atoms with E-state index >= 15 is 0 Å². The lowest BCUT2D eigenvalue weighted by atomic mass is 10.1. The maximum Gasteiger partial charge on any atom is 0.343 e. The average molecular weight is 646 g/mol. The number of amides is 2. The number of anilines is 1. The van der Waals surface area contributed by atoms with Crippen molar-refractivity contribution in [2.75, 3.05) is 26.6 Å². The van der Waals surface area contributed by atoms with Gasteiger partial charge in [-0.2, -0.15) is 5.10 Å². The topological polar surface area (TPSA) is 125 Å². The number of hydrogen-bond acceptors (Lipinski definition) is 8. The molecule has 0 radical (unpaired) electrons. The van der Waals surface area contributed by atoms with Crippen molar-refractivity contribution in [3.05, 3.63) is 111 Å². The molecule has 0 saturated heterocycles. The number of benzene rings is 4. The molecular formula is C32H28BrN3O7. The number of nitrogens with one attached hydrogen (secondary N) is 2. The number of nitrogens with zero attached hydrogens (tertiary/aromatic N) is 1. The van der Waals surface area contributed by atoms with Crippen molar-refractivity contribution in [3.8, 4) is 23.0 Å². The lowest BCUT2D eigenvalue weighted by molar-refractivity contribution is 0.0733. The first kappa shape index (κ1) is 30.8.